The molecular weight excluding hydrogens is 479 g/mol. The minimum Gasteiger partial charge on any atom is -0.507 e. The van der Waals surface area contributed by atoms with Crippen LogP contribution in [0, 0.1) is 5.82 Å². The molecule has 0 unspecified atom stereocenters. The Bertz CT molecular complexity index is 1580. The zero-order valence-corrected chi connectivity index (χ0v) is 20.5. The molecule has 0 radical (unpaired) electrons. The number of imidazole rings is 1. The van der Waals surface area contributed by atoms with Crippen LogP contribution in [0.1, 0.15) is 19.4 Å². The molecule has 0 bridgehead atoms. The van der Waals surface area contributed by atoms with Crippen LogP contribution in [0.4, 0.5) is 10.2 Å². The van der Waals surface area contributed by atoms with Gasteiger partial charge < -0.3 is 15.2 Å². The molecule has 4 aromatic heterocycles. The number of phenols is 1. The van der Waals surface area contributed by atoms with Crippen molar-refractivity contribution in [1.82, 2.24) is 24.5 Å². The Balaban J connectivity index is 1.34. The largest absolute Gasteiger partial charge is 0.507 e. The quantitative estimate of drug-likeness (QED) is 0.328. The van der Waals surface area contributed by atoms with Crippen LogP contribution in [0.3, 0.4) is 0 Å². The molecule has 36 heavy (non-hydrogen) atoms. The van der Waals surface area contributed by atoms with Gasteiger partial charge in [-0.25, -0.2) is 14.4 Å². The topological polar surface area (TPSA) is 98.0 Å². The summed E-state index contributed by atoms with van der Waals surface area (Å²) in [6.45, 7) is 5.16. The lowest BCUT2D eigenvalue weighted by atomic mass is 10.1. The number of anilines is 1. The number of aromatic nitrogens is 5. The number of benzene rings is 1. The maximum absolute atomic E-state index is 13.9. The number of phenolic OH excluding ortho intramolecular Hbond substituents is 1. The standard InChI is InChI=1S/C26H23FN6O2S/c1-26(2)14-35-25-30-21-23(31-22(32-24(21)33(25)26)16-11-17(27)13-28-12-16)29-8-7-15-5-6-19(34)18(10-15)20-4-3-9-36-20/h3-6,9-13,34H,7-8,14H2,1-2H3,(H,29,31,32). The van der Waals surface area contributed by atoms with E-state index in [1.54, 1.807) is 23.6 Å². The van der Waals surface area contributed by atoms with E-state index < -0.39 is 5.82 Å². The molecule has 5 aromatic rings. The molecule has 8 nitrogen and oxygen atoms in total. The van der Waals surface area contributed by atoms with Crippen LogP contribution in [0.25, 0.3) is 33.0 Å². The van der Waals surface area contributed by atoms with Gasteiger partial charge in [0, 0.05) is 28.7 Å². The Morgan fingerprint density at radius 3 is 2.86 bits per heavy atom. The number of fused-ring (bicyclic) bond motifs is 3. The number of hydrogen-bond donors (Lipinski definition) is 2. The number of thiophene rings is 1. The number of nitrogens with one attached hydrogen (secondary N) is 1. The van der Waals surface area contributed by atoms with Gasteiger partial charge in [0.15, 0.2) is 22.8 Å². The number of aromatic hydroxyl groups is 1. The van der Waals surface area contributed by atoms with E-state index in [9.17, 15) is 9.50 Å². The third kappa shape index (κ3) is 3.93. The molecule has 1 aliphatic heterocycles. The van der Waals surface area contributed by atoms with Gasteiger partial charge in [0.2, 0.25) is 0 Å². The fourth-order valence-electron chi connectivity index (χ4n) is 4.37. The molecular formula is C26H23FN6O2S. The highest BCUT2D eigenvalue weighted by Gasteiger charge is 2.36. The van der Waals surface area contributed by atoms with Crippen molar-refractivity contribution in [3.63, 3.8) is 0 Å². The van der Waals surface area contributed by atoms with Crippen molar-refractivity contribution >= 4 is 28.3 Å². The SMILES string of the molecule is CC1(C)COc2nc3c(NCCc4ccc(O)c(-c5cccs5)c4)nc(-c4cncc(F)c4)nc3n21. The zero-order valence-electron chi connectivity index (χ0n) is 19.7. The number of ether oxygens (including phenoxy) is 1. The highest BCUT2D eigenvalue weighted by atomic mass is 32.1. The first-order valence-electron chi connectivity index (χ1n) is 11.5. The van der Waals surface area contributed by atoms with Gasteiger partial charge in [-0.1, -0.05) is 12.1 Å². The lowest BCUT2D eigenvalue weighted by Crippen LogP contribution is -2.25. The number of hydrogen-bond acceptors (Lipinski definition) is 8. The van der Waals surface area contributed by atoms with Crippen LogP contribution in [-0.4, -0.2) is 42.8 Å². The van der Waals surface area contributed by atoms with Crippen molar-refractivity contribution in [2.24, 2.45) is 0 Å². The van der Waals surface area contributed by atoms with Crippen molar-refractivity contribution in [2.45, 2.75) is 25.8 Å². The van der Waals surface area contributed by atoms with Gasteiger partial charge in [0.1, 0.15) is 18.2 Å². The van der Waals surface area contributed by atoms with Gasteiger partial charge in [0.05, 0.1) is 11.7 Å². The maximum atomic E-state index is 13.9. The van der Waals surface area contributed by atoms with E-state index in [1.165, 1.54) is 6.07 Å². The molecule has 0 spiro atoms. The van der Waals surface area contributed by atoms with Crippen LogP contribution in [0.15, 0.2) is 54.2 Å². The smallest absolute Gasteiger partial charge is 0.299 e. The molecule has 0 fully saturated rings. The molecule has 10 heteroatoms. The van der Waals surface area contributed by atoms with E-state index in [-0.39, 0.29) is 11.3 Å². The number of pyridine rings is 1. The van der Waals surface area contributed by atoms with Crippen molar-refractivity contribution < 1.29 is 14.2 Å². The molecule has 6 rings (SSSR count). The number of rotatable bonds is 6. The minimum absolute atomic E-state index is 0.259. The van der Waals surface area contributed by atoms with Crippen LogP contribution in [0.5, 0.6) is 11.8 Å². The normalized spacial score (nSPS) is 14.1. The van der Waals surface area contributed by atoms with E-state index in [1.807, 2.05) is 34.2 Å². The van der Waals surface area contributed by atoms with E-state index in [0.717, 1.165) is 22.2 Å². The molecule has 2 N–H and O–H groups in total. The first-order valence-corrected chi connectivity index (χ1v) is 12.4. The third-order valence-corrected chi connectivity index (χ3v) is 7.06. The first-order chi connectivity index (χ1) is 17.4. The molecule has 5 heterocycles. The fourth-order valence-corrected chi connectivity index (χ4v) is 5.12. The van der Waals surface area contributed by atoms with Gasteiger partial charge >= 0.3 is 0 Å². The summed E-state index contributed by atoms with van der Waals surface area (Å²) in [4.78, 5) is 19.0. The summed E-state index contributed by atoms with van der Waals surface area (Å²) in [5.74, 6) is 0.696. The van der Waals surface area contributed by atoms with Crippen LogP contribution >= 0.6 is 11.3 Å². The number of halogens is 1. The molecule has 1 aliphatic rings. The summed E-state index contributed by atoms with van der Waals surface area (Å²) in [7, 11) is 0. The Hall–Kier alpha value is -4.05. The highest BCUT2D eigenvalue weighted by molar-refractivity contribution is 7.13. The Labute approximate surface area is 210 Å². The fraction of sp³-hybridized carbons (Fsp3) is 0.231. The number of nitrogens with zero attached hydrogens (tertiary/aromatic N) is 5. The second-order valence-corrected chi connectivity index (χ2v) is 10.2. The summed E-state index contributed by atoms with van der Waals surface area (Å²) in [6.07, 6.45) is 3.38. The van der Waals surface area contributed by atoms with Gasteiger partial charge in [-0.3, -0.25) is 9.55 Å². The predicted molar refractivity (Wildman–Crippen MR) is 137 cm³/mol. The molecule has 0 aliphatic carbocycles. The molecule has 0 atom stereocenters. The average molecular weight is 503 g/mol. The van der Waals surface area contributed by atoms with Crippen LogP contribution in [-0.2, 0) is 12.0 Å². The zero-order chi connectivity index (χ0) is 24.9. The van der Waals surface area contributed by atoms with Crippen molar-refractivity contribution in [1.29, 1.82) is 0 Å². The van der Waals surface area contributed by atoms with Crippen LogP contribution < -0.4 is 10.1 Å². The van der Waals surface area contributed by atoms with Crippen molar-refractivity contribution in [3.8, 4) is 33.6 Å². The third-order valence-electron chi connectivity index (χ3n) is 6.15. The van der Waals surface area contributed by atoms with Crippen molar-refractivity contribution in [2.75, 3.05) is 18.5 Å². The first kappa shape index (κ1) is 22.4. The maximum Gasteiger partial charge on any atom is 0.299 e. The van der Waals surface area contributed by atoms with Crippen molar-refractivity contribution in [3.05, 3.63) is 65.6 Å². The van der Waals surface area contributed by atoms with Crippen LogP contribution in [0.2, 0.25) is 0 Å². The van der Waals surface area contributed by atoms with E-state index in [0.29, 0.717) is 54.0 Å². The Kier molecular flexibility index (Phi) is 5.33. The lowest BCUT2D eigenvalue weighted by molar-refractivity contribution is 0.268. The lowest BCUT2D eigenvalue weighted by Gasteiger charge is -2.18. The Morgan fingerprint density at radius 1 is 1.17 bits per heavy atom. The summed E-state index contributed by atoms with van der Waals surface area (Å²) in [5, 5.41) is 15.7. The van der Waals surface area contributed by atoms with E-state index >= 15 is 0 Å². The van der Waals surface area contributed by atoms with Gasteiger partial charge in [-0.2, -0.15) is 4.98 Å². The minimum atomic E-state index is -0.457. The highest BCUT2D eigenvalue weighted by Crippen LogP contribution is 2.37. The van der Waals surface area contributed by atoms with Gasteiger partial charge in [0.25, 0.3) is 6.01 Å². The van der Waals surface area contributed by atoms with Gasteiger partial charge in [-0.15, -0.1) is 11.3 Å². The van der Waals surface area contributed by atoms with E-state index in [4.69, 9.17) is 9.72 Å². The second kappa shape index (κ2) is 8.56. The average Bonchev–Trinajstić information content (AvgIpc) is 3.58. The van der Waals surface area contributed by atoms with Gasteiger partial charge in [-0.05, 0) is 55.5 Å². The Morgan fingerprint density at radius 2 is 2.06 bits per heavy atom. The summed E-state index contributed by atoms with van der Waals surface area (Å²) in [6, 6.07) is 11.4. The second-order valence-electron chi connectivity index (χ2n) is 9.30. The monoisotopic (exact) mass is 502 g/mol. The molecule has 182 valence electrons. The summed E-state index contributed by atoms with van der Waals surface area (Å²) < 4.78 is 21.7. The molecule has 0 saturated carbocycles. The van der Waals surface area contributed by atoms with E-state index in [2.05, 4.69) is 34.1 Å². The summed E-state index contributed by atoms with van der Waals surface area (Å²) in [5.41, 5.74) is 3.24. The predicted octanol–water partition coefficient (Wildman–Crippen LogP) is 5.24. The molecule has 0 saturated heterocycles. The summed E-state index contributed by atoms with van der Waals surface area (Å²) >= 11 is 1.59. The molecule has 1 aromatic carbocycles. The molecule has 0 amide bonds.